The van der Waals surface area contributed by atoms with Gasteiger partial charge in [-0.25, -0.2) is 9.18 Å². The van der Waals surface area contributed by atoms with Gasteiger partial charge in [0.25, 0.3) is 0 Å². The Kier molecular flexibility index (Phi) is 7.57. The Bertz CT molecular complexity index is 657. The van der Waals surface area contributed by atoms with E-state index in [4.69, 9.17) is 0 Å². The number of hydrogen-bond acceptors (Lipinski definition) is 3. The van der Waals surface area contributed by atoms with Crippen LogP contribution < -0.4 is 21.3 Å². The zero-order valence-electron chi connectivity index (χ0n) is 15.6. The van der Waals surface area contributed by atoms with Crippen molar-refractivity contribution in [1.82, 2.24) is 21.3 Å². The monoisotopic (exact) mass is 378 g/mol. The van der Waals surface area contributed by atoms with Crippen molar-refractivity contribution in [3.8, 4) is 0 Å². The van der Waals surface area contributed by atoms with Crippen LogP contribution in [0.1, 0.15) is 44.6 Å². The SMILES string of the molecule is CCNC(=O)C1(NC(=O)CNC(=O)NCc2ccc(F)cc2)CCCCC1. The second-order valence-electron chi connectivity index (χ2n) is 6.71. The molecule has 1 aromatic rings. The summed E-state index contributed by atoms with van der Waals surface area (Å²) in [5.41, 5.74) is -0.147. The highest BCUT2D eigenvalue weighted by Crippen LogP contribution is 2.28. The molecule has 0 radical (unpaired) electrons. The fraction of sp³-hybridized carbons (Fsp3) is 0.526. The van der Waals surface area contributed by atoms with Gasteiger partial charge < -0.3 is 21.3 Å². The third-order valence-electron chi connectivity index (χ3n) is 4.63. The summed E-state index contributed by atoms with van der Waals surface area (Å²) in [5.74, 6) is -0.914. The first-order valence-electron chi connectivity index (χ1n) is 9.30. The zero-order chi connectivity index (χ0) is 19.7. The predicted octanol–water partition coefficient (Wildman–Crippen LogP) is 1.58. The second kappa shape index (κ2) is 9.89. The molecule has 4 amide bonds. The molecule has 8 heteroatoms. The molecule has 0 saturated heterocycles. The molecule has 1 aromatic carbocycles. The lowest BCUT2D eigenvalue weighted by Crippen LogP contribution is -2.61. The molecule has 7 nitrogen and oxygen atoms in total. The fourth-order valence-corrected chi connectivity index (χ4v) is 3.21. The van der Waals surface area contributed by atoms with E-state index in [9.17, 15) is 18.8 Å². The van der Waals surface area contributed by atoms with Crippen molar-refractivity contribution in [3.05, 3.63) is 35.6 Å². The van der Waals surface area contributed by atoms with Crippen LogP contribution in [-0.4, -0.2) is 36.5 Å². The molecule has 4 N–H and O–H groups in total. The van der Waals surface area contributed by atoms with Crippen LogP contribution in [0.3, 0.4) is 0 Å². The first-order chi connectivity index (χ1) is 12.9. The smallest absolute Gasteiger partial charge is 0.315 e. The molecule has 0 spiro atoms. The highest BCUT2D eigenvalue weighted by molar-refractivity contribution is 5.93. The van der Waals surface area contributed by atoms with Gasteiger partial charge in [-0.1, -0.05) is 31.4 Å². The van der Waals surface area contributed by atoms with Crippen LogP contribution >= 0.6 is 0 Å². The third-order valence-corrected chi connectivity index (χ3v) is 4.63. The minimum atomic E-state index is -0.891. The van der Waals surface area contributed by atoms with E-state index >= 15 is 0 Å². The van der Waals surface area contributed by atoms with Crippen molar-refractivity contribution in [2.75, 3.05) is 13.1 Å². The van der Waals surface area contributed by atoms with E-state index in [1.54, 1.807) is 12.1 Å². The lowest BCUT2D eigenvalue weighted by atomic mass is 9.80. The molecule has 0 aromatic heterocycles. The number of carbonyl (C=O) groups is 3. The largest absolute Gasteiger partial charge is 0.354 e. The van der Waals surface area contributed by atoms with E-state index in [2.05, 4.69) is 21.3 Å². The third kappa shape index (κ3) is 6.23. The number of rotatable bonds is 7. The topological polar surface area (TPSA) is 99.3 Å². The summed E-state index contributed by atoms with van der Waals surface area (Å²) in [6, 6.07) is 5.26. The zero-order valence-corrected chi connectivity index (χ0v) is 15.6. The molecular formula is C19H27FN4O3. The maximum Gasteiger partial charge on any atom is 0.315 e. The van der Waals surface area contributed by atoms with Gasteiger partial charge in [0.05, 0.1) is 6.54 Å². The van der Waals surface area contributed by atoms with Crippen molar-refractivity contribution >= 4 is 17.8 Å². The van der Waals surface area contributed by atoms with E-state index in [1.165, 1.54) is 12.1 Å². The Morgan fingerprint density at radius 3 is 2.30 bits per heavy atom. The van der Waals surface area contributed by atoms with Gasteiger partial charge in [-0.3, -0.25) is 9.59 Å². The van der Waals surface area contributed by atoms with Crippen LogP contribution in [0.5, 0.6) is 0 Å². The standard InChI is InChI=1S/C19H27FN4O3/c1-2-21-17(26)19(10-4-3-5-11-19)24-16(25)13-23-18(27)22-12-14-6-8-15(20)9-7-14/h6-9H,2-5,10-13H2,1H3,(H,21,26)(H,24,25)(H2,22,23,27). The average molecular weight is 378 g/mol. The number of likely N-dealkylation sites (N-methyl/N-ethyl adjacent to an activating group) is 1. The molecule has 0 aliphatic heterocycles. The lowest BCUT2D eigenvalue weighted by molar-refractivity contribution is -0.134. The Labute approximate surface area is 158 Å². The van der Waals surface area contributed by atoms with Crippen LogP contribution in [0.4, 0.5) is 9.18 Å². The van der Waals surface area contributed by atoms with Crippen molar-refractivity contribution in [2.45, 2.75) is 51.1 Å². The van der Waals surface area contributed by atoms with Gasteiger partial charge in [-0.05, 0) is 37.5 Å². The van der Waals surface area contributed by atoms with Crippen molar-refractivity contribution in [3.63, 3.8) is 0 Å². The molecule has 0 heterocycles. The summed E-state index contributed by atoms with van der Waals surface area (Å²) >= 11 is 0. The molecule has 148 valence electrons. The first-order valence-corrected chi connectivity index (χ1v) is 9.30. The van der Waals surface area contributed by atoms with Gasteiger partial charge in [0.2, 0.25) is 11.8 Å². The van der Waals surface area contributed by atoms with Crippen molar-refractivity contribution < 1.29 is 18.8 Å². The van der Waals surface area contributed by atoms with Gasteiger partial charge in [-0.2, -0.15) is 0 Å². The molecule has 0 bridgehead atoms. The molecule has 27 heavy (non-hydrogen) atoms. The number of benzene rings is 1. The predicted molar refractivity (Wildman–Crippen MR) is 99.3 cm³/mol. The van der Waals surface area contributed by atoms with Gasteiger partial charge >= 0.3 is 6.03 Å². The van der Waals surface area contributed by atoms with E-state index in [-0.39, 0.29) is 24.8 Å². The van der Waals surface area contributed by atoms with E-state index in [0.717, 1.165) is 24.8 Å². The molecular weight excluding hydrogens is 351 g/mol. The minimum absolute atomic E-state index is 0.168. The number of amides is 4. The van der Waals surface area contributed by atoms with Crippen LogP contribution in [0, 0.1) is 5.82 Å². The van der Waals surface area contributed by atoms with Crippen molar-refractivity contribution in [2.24, 2.45) is 0 Å². The van der Waals surface area contributed by atoms with E-state index in [0.29, 0.717) is 19.4 Å². The minimum Gasteiger partial charge on any atom is -0.354 e. The lowest BCUT2D eigenvalue weighted by Gasteiger charge is -2.36. The Morgan fingerprint density at radius 2 is 1.67 bits per heavy atom. The summed E-state index contributed by atoms with van der Waals surface area (Å²) < 4.78 is 12.9. The van der Waals surface area contributed by atoms with E-state index < -0.39 is 17.5 Å². The highest BCUT2D eigenvalue weighted by atomic mass is 19.1. The van der Waals surface area contributed by atoms with E-state index in [1.807, 2.05) is 6.92 Å². The molecule has 1 fully saturated rings. The normalized spacial score (nSPS) is 15.5. The quantitative estimate of drug-likeness (QED) is 0.580. The van der Waals surface area contributed by atoms with Crippen LogP contribution in [0.15, 0.2) is 24.3 Å². The van der Waals surface area contributed by atoms with Crippen LogP contribution in [0.2, 0.25) is 0 Å². The summed E-state index contributed by atoms with van der Waals surface area (Å²) in [5, 5.41) is 10.7. The number of urea groups is 1. The maximum absolute atomic E-state index is 12.9. The highest BCUT2D eigenvalue weighted by Gasteiger charge is 2.40. The fourth-order valence-electron chi connectivity index (χ4n) is 3.21. The molecule has 2 rings (SSSR count). The molecule has 1 saturated carbocycles. The number of halogens is 1. The number of carbonyl (C=O) groups excluding carboxylic acids is 3. The maximum atomic E-state index is 12.9. The summed E-state index contributed by atoms with van der Waals surface area (Å²) in [6.45, 7) is 2.33. The Hall–Kier alpha value is -2.64. The van der Waals surface area contributed by atoms with Crippen LogP contribution in [-0.2, 0) is 16.1 Å². The average Bonchev–Trinajstić information content (AvgIpc) is 2.67. The van der Waals surface area contributed by atoms with Gasteiger partial charge in [0, 0.05) is 13.1 Å². The molecule has 1 aliphatic carbocycles. The van der Waals surface area contributed by atoms with Crippen molar-refractivity contribution in [1.29, 1.82) is 0 Å². The Morgan fingerprint density at radius 1 is 1.00 bits per heavy atom. The van der Waals surface area contributed by atoms with Gasteiger partial charge in [0.1, 0.15) is 11.4 Å². The Balaban J connectivity index is 1.80. The summed E-state index contributed by atoms with van der Waals surface area (Å²) in [7, 11) is 0. The second-order valence-corrected chi connectivity index (χ2v) is 6.71. The molecule has 1 aliphatic rings. The number of nitrogens with one attached hydrogen (secondary N) is 4. The number of hydrogen-bond donors (Lipinski definition) is 4. The molecule has 0 atom stereocenters. The van der Waals surface area contributed by atoms with Gasteiger partial charge in [0.15, 0.2) is 0 Å². The van der Waals surface area contributed by atoms with Gasteiger partial charge in [-0.15, -0.1) is 0 Å². The first kappa shape index (κ1) is 20.7. The summed E-state index contributed by atoms with van der Waals surface area (Å²) in [4.78, 5) is 36.5. The summed E-state index contributed by atoms with van der Waals surface area (Å²) in [6.07, 6.45) is 4.00. The van der Waals surface area contributed by atoms with Crippen LogP contribution in [0.25, 0.3) is 0 Å². The molecule has 0 unspecified atom stereocenters.